The molecule has 0 aromatic heterocycles. The Kier molecular flexibility index (Phi) is 4.05. The number of nitrogens with two attached hydrogens (primary N) is 1. The number of rotatable bonds is 4. The Balaban J connectivity index is 2.89. The third-order valence-corrected chi connectivity index (χ3v) is 3.16. The van der Waals surface area contributed by atoms with Gasteiger partial charge in [-0.1, -0.05) is 19.1 Å². The second kappa shape index (κ2) is 4.90. The van der Waals surface area contributed by atoms with E-state index in [0.717, 1.165) is 12.0 Å². The second-order valence-electron chi connectivity index (χ2n) is 3.99. The first kappa shape index (κ1) is 12.4. The maximum atomic E-state index is 13.0. The zero-order valence-electron chi connectivity index (χ0n) is 8.76. The van der Waals surface area contributed by atoms with Crippen LogP contribution in [0.1, 0.15) is 12.5 Å². The summed E-state index contributed by atoms with van der Waals surface area (Å²) < 4.78 is 13.5. The Morgan fingerprint density at radius 3 is 2.73 bits per heavy atom. The molecule has 15 heavy (non-hydrogen) atoms. The van der Waals surface area contributed by atoms with Gasteiger partial charge in [0.15, 0.2) is 0 Å². The topological polar surface area (TPSA) is 26.0 Å². The monoisotopic (exact) mass is 271 g/mol. The molecule has 1 atom stereocenters. The van der Waals surface area contributed by atoms with Crippen LogP contribution in [0.3, 0.4) is 0 Å². The van der Waals surface area contributed by atoms with Crippen LogP contribution in [0.4, 0.5) is 4.39 Å². The van der Waals surface area contributed by atoms with Crippen molar-refractivity contribution >= 4 is 15.9 Å². The lowest BCUT2D eigenvalue weighted by atomic mass is 9.84. The van der Waals surface area contributed by atoms with Gasteiger partial charge in [0.05, 0.1) is 4.47 Å². The van der Waals surface area contributed by atoms with Crippen LogP contribution in [-0.4, -0.2) is 6.54 Å². The molecule has 1 aromatic rings. The molecule has 0 amide bonds. The minimum atomic E-state index is -0.244. The minimum Gasteiger partial charge on any atom is -0.330 e. The molecule has 3 heteroatoms. The second-order valence-corrected chi connectivity index (χ2v) is 4.84. The van der Waals surface area contributed by atoms with Gasteiger partial charge in [-0.25, -0.2) is 4.39 Å². The molecule has 1 rings (SSSR count). The highest BCUT2D eigenvalue weighted by atomic mass is 79.9. The highest BCUT2D eigenvalue weighted by Gasteiger charge is 2.18. The van der Waals surface area contributed by atoms with Gasteiger partial charge in [-0.15, -0.1) is 6.58 Å². The van der Waals surface area contributed by atoms with Gasteiger partial charge >= 0.3 is 0 Å². The highest BCUT2D eigenvalue weighted by molar-refractivity contribution is 9.10. The number of hydrogen-bond donors (Lipinski definition) is 1. The maximum Gasteiger partial charge on any atom is 0.137 e. The molecule has 0 heterocycles. The molecular formula is C12H15BrFN. The van der Waals surface area contributed by atoms with Crippen LogP contribution in [0.25, 0.3) is 0 Å². The lowest BCUT2D eigenvalue weighted by Crippen LogP contribution is -2.27. The van der Waals surface area contributed by atoms with E-state index in [1.54, 1.807) is 12.1 Å². The summed E-state index contributed by atoms with van der Waals surface area (Å²) in [6.07, 6.45) is 2.62. The average molecular weight is 272 g/mol. The fourth-order valence-electron chi connectivity index (χ4n) is 1.34. The average Bonchev–Trinajstić information content (AvgIpc) is 2.23. The van der Waals surface area contributed by atoms with E-state index >= 15 is 0 Å². The SMILES string of the molecule is C=CC(C)(CN)Cc1ccc(F)c(Br)c1. The van der Waals surface area contributed by atoms with Gasteiger partial charge < -0.3 is 5.73 Å². The maximum absolute atomic E-state index is 13.0. The van der Waals surface area contributed by atoms with Crippen LogP contribution in [0, 0.1) is 11.2 Å². The molecule has 0 spiro atoms. The predicted octanol–water partition coefficient (Wildman–Crippen LogP) is 3.28. The molecule has 2 N–H and O–H groups in total. The van der Waals surface area contributed by atoms with Crippen molar-refractivity contribution in [3.63, 3.8) is 0 Å². The third kappa shape index (κ3) is 3.14. The van der Waals surface area contributed by atoms with Gasteiger partial charge in [0.25, 0.3) is 0 Å². The fourth-order valence-corrected chi connectivity index (χ4v) is 1.77. The summed E-state index contributed by atoms with van der Waals surface area (Å²) in [6, 6.07) is 5.02. The molecule has 0 aliphatic carbocycles. The molecule has 0 bridgehead atoms. The minimum absolute atomic E-state index is 0.128. The molecule has 82 valence electrons. The van der Waals surface area contributed by atoms with Crippen molar-refractivity contribution < 1.29 is 4.39 Å². The molecule has 0 aliphatic heterocycles. The number of hydrogen-bond acceptors (Lipinski definition) is 1. The summed E-state index contributed by atoms with van der Waals surface area (Å²) in [5.41, 5.74) is 6.60. The Hall–Kier alpha value is -0.670. The Morgan fingerprint density at radius 2 is 2.27 bits per heavy atom. The van der Waals surface area contributed by atoms with E-state index in [1.165, 1.54) is 6.07 Å². The lowest BCUT2D eigenvalue weighted by Gasteiger charge is -2.23. The smallest absolute Gasteiger partial charge is 0.137 e. The highest BCUT2D eigenvalue weighted by Crippen LogP contribution is 2.25. The fraction of sp³-hybridized carbons (Fsp3) is 0.333. The van der Waals surface area contributed by atoms with Crippen molar-refractivity contribution in [2.45, 2.75) is 13.3 Å². The summed E-state index contributed by atoms with van der Waals surface area (Å²) in [7, 11) is 0. The molecule has 0 saturated heterocycles. The van der Waals surface area contributed by atoms with Crippen LogP contribution in [0.15, 0.2) is 35.3 Å². The lowest BCUT2D eigenvalue weighted by molar-refractivity contribution is 0.438. The first-order valence-corrected chi connectivity index (χ1v) is 5.57. The first-order chi connectivity index (χ1) is 7.00. The van der Waals surface area contributed by atoms with Crippen molar-refractivity contribution in [3.8, 4) is 0 Å². The summed E-state index contributed by atoms with van der Waals surface area (Å²) in [5.74, 6) is -0.244. The zero-order valence-corrected chi connectivity index (χ0v) is 10.3. The van der Waals surface area contributed by atoms with E-state index < -0.39 is 0 Å². The van der Waals surface area contributed by atoms with E-state index in [9.17, 15) is 4.39 Å². The predicted molar refractivity (Wildman–Crippen MR) is 65.2 cm³/mol. The van der Waals surface area contributed by atoms with Gasteiger partial charge in [-0.2, -0.15) is 0 Å². The Morgan fingerprint density at radius 1 is 1.60 bits per heavy atom. The summed E-state index contributed by atoms with van der Waals surface area (Å²) in [4.78, 5) is 0. The van der Waals surface area contributed by atoms with E-state index in [4.69, 9.17) is 5.73 Å². The molecule has 1 nitrogen and oxygen atoms in total. The van der Waals surface area contributed by atoms with Gasteiger partial charge in [-0.05, 0) is 40.0 Å². The summed E-state index contributed by atoms with van der Waals surface area (Å²) >= 11 is 3.17. The van der Waals surface area contributed by atoms with Crippen molar-refractivity contribution in [1.29, 1.82) is 0 Å². The van der Waals surface area contributed by atoms with Gasteiger partial charge in [-0.3, -0.25) is 0 Å². The molecular weight excluding hydrogens is 257 g/mol. The van der Waals surface area contributed by atoms with Crippen molar-refractivity contribution in [2.75, 3.05) is 6.54 Å². The molecule has 0 saturated carbocycles. The van der Waals surface area contributed by atoms with Crippen LogP contribution in [0.2, 0.25) is 0 Å². The van der Waals surface area contributed by atoms with E-state index in [1.807, 2.05) is 13.0 Å². The molecule has 1 unspecified atom stereocenters. The Labute approximate surface area is 98.3 Å². The van der Waals surface area contributed by atoms with Crippen LogP contribution >= 0.6 is 15.9 Å². The zero-order chi connectivity index (χ0) is 11.5. The van der Waals surface area contributed by atoms with Crippen LogP contribution in [0.5, 0.6) is 0 Å². The molecule has 0 aliphatic rings. The summed E-state index contributed by atoms with van der Waals surface area (Å²) in [5, 5.41) is 0. The quantitative estimate of drug-likeness (QED) is 0.836. The van der Waals surface area contributed by atoms with Crippen molar-refractivity contribution in [3.05, 3.63) is 46.7 Å². The molecule has 0 fully saturated rings. The van der Waals surface area contributed by atoms with Crippen molar-refractivity contribution in [1.82, 2.24) is 0 Å². The van der Waals surface area contributed by atoms with E-state index in [2.05, 4.69) is 22.5 Å². The third-order valence-electron chi connectivity index (χ3n) is 2.55. The van der Waals surface area contributed by atoms with Gasteiger partial charge in [0.2, 0.25) is 0 Å². The van der Waals surface area contributed by atoms with Gasteiger partial charge in [0.1, 0.15) is 5.82 Å². The van der Waals surface area contributed by atoms with E-state index in [-0.39, 0.29) is 11.2 Å². The van der Waals surface area contributed by atoms with E-state index in [0.29, 0.717) is 11.0 Å². The normalized spacial score (nSPS) is 14.7. The van der Waals surface area contributed by atoms with Crippen LogP contribution < -0.4 is 5.73 Å². The van der Waals surface area contributed by atoms with Gasteiger partial charge in [0, 0.05) is 12.0 Å². The largest absolute Gasteiger partial charge is 0.330 e. The standard InChI is InChI=1S/C12H15BrFN/c1-3-12(2,8-15)7-9-4-5-11(14)10(13)6-9/h3-6H,1,7-8,15H2,2H3. The molecule has 1 aromatic carbocycles. The molecule has 0 radical (unpaired) electrons. The summed E-state index contributed by atoms with van der Waals surface area (Å²) in [6.45, 7) is 6.35. The van der Waals surface area contributed by atoms with Crippen LogP contribution in [-0.2, 0) is 6.42 Å². The first-order valence-electron chi connectivity index (χ1n) is 4.78. The van der Waals surface area contributed by atoms with Crippen molar-refractivity contribution in [2.24, 2.45) is 11.1 Å². The Bertz CT molecular complexity index is 365. The number of halogens is 2. The number of benzene rings is 1.